The lowest BCUT2D eigenvalue weighted by Gasteiger charge is -2.16. The third kappa shape index (κ3) is 1.57. The number of hydrogen-bond acceptors (Lipinski definition) is 3. The van der Waals surface area contributed by atoms with E-state index in [9.17, 15) is 0 Å². The first-order chi connectivity index (χ1) is 6.29. The van der Waals surface area contributed by atoms with E-state index in [0.29, 0.717) is 0 Å². The van der Waals surface area contributed by atoms with Crippen molar-refractivity contribution in [2.24, 2.45) is 5.73 Å². The fraction of sp³-hybridized carbons (Fsp3) is 0.500. The molecule has 13 heavy (non-hydrogen) atoms. The minimum absolute atomic E-state index is 0.0497. The van der Waals surface area contributed by atoms with Gasteiger partial charge in [-0.05, 0) is 25.0 Å². The molecule has 1 fully saturated rings. The molecule has 1 aromatic rings. The number of hydrogen-bond donors (Lipinski definition) is 1. The standard InChI is InChI=1S/C10H14N2O/c1-7-2-4-12-6-8(7)10-9(11)3-5-13-10/h2,4,6,9-10H,3,5,11H2,1H3. The van der Waals surface area contributed by atoms with Crippen LogP contribution in [0.4, 0.5) is 0 Å². The molecule has 2 heterocycles. The van der Waals surface area contributed by atoms with E-state index in [4.69, 9.17) is 10.5 Å². The molecule has 0 aromatic carbocycles. The molecule has 0 bridgehead atoms. The van der Waals surface area contributed by atoms with Gasteiger partial charge >= 0.3 is 0 Å². The summed E-state index contributed by atoms with van der Waals surface area (Å²) < 4.78 is 5.57. The molecule has 2 atom stereocenters. The van der Waals surface area contributed by atoms with Crippen LogP contribution in [0.3, 0.4) is 0 Å². The number of aromatic nitrogens is 1. The Morgan fingerprint density at radius 1 is 1.62 bits per heavy atom. The topological polar surface area (TPSA) is 48.1 Å². The summed E-state index contributed by atoms with van der Waals surface area (Å²) in [5.41, 5.74) is 8.26. The van der Waals surface area contributed by atoms with Gasteiger partial charge in [0.25, 0.3) is 0 Å². The van der Waals surface area contributed by atoms with E-state index < -0.39 is 0 Å². The zero-order chi connectivity index (χ0) is 9.26. The first kappa shape index (κ1) is 8.66. The monoisotopic (exact) mass is 178 g/mol. The van der Waals surface area contributed by atoms with Gasteiger partial charge in [0.2, 0.25) is 0 Å². The van der Waals surface area contributed by atoms with Crippen molar-refractivity contribution in [3.63, 3.8) is 0 Å². The molecule has 1 aromatic heterocycles. The van der Waals surface area contributed by atoms with Gasteiger partial charge in [-0.1, -0.05) is 0 Å². The van der Waals surface area contributed by atoms with Gasteiger partial charge in [0.1, 0.15) is 0 Å². The van der Waals surface area contributed by atoms with Crippen LogP contribution >= 0.6 is 0 Å². The summed E-state index contributed by atoms with van der Waals surface area (Å²) in [6.07, 6.45) is 4.64. The molecule has 2 N–H and O–H groups in total. The van der Waals surface area contributed by atoms with Crippen molar-refractivity contribution in [3.8, 4) is 0 Å². The van der Waals surface area contributed by atoms with Gasteiger partial charge in [-0.25, -0.2) is 0 Å². The Labute approximate surface area is 77.9 Å². The summed E-state index contributed by atoms with van der Waals surface area (Å²) in [4.78, 5) is 4.09. The van der Waals surface area contributed by atoms with Crippen LogP contribution in [-0.2, 0) is 4.74 Å². The van der Waals surface area contributed by atoms with E-state index in [0.717, 1.165) is 18.6 Å². The Balaban J connectivity index is 2.29. The second kappa shape index (κ2) is 3.44. The zero-order valence-corrected chi connectivity index (χ0v) is 7.73. The highest BCUT2D eigenvalue weighted by Crippen LogP contribution is 2.28. The first-order valence-electron chi connectivity index (χ1n) is 4.57. The minimum atomic E-state index is 0.0497. The molecule has 0 spiro atoms. The number of pyridine rings is 1. The average molecular weight is 178 g/mol. The Hall–Kier alpha value is -0.930. The second-order valence-corrected chi connectivity index (χ2v) is 3.48. The van der Waals surface area contributed by atoms with Gasteiger partial charge in [-0.15, -0.1) is 0 Å². The molecule has 2 rings (SSSR count). The Bertz CT molecular complexity index is 301. The fourth-order valence-electron chi connectivity index (χ4n) is 1.70. The van der Waals surface area contributed by atoms with E-state index in [2.05, 4.69) is 11.9 Å². The second-order valence-electron chi connectivity index (χ2n) is 3.48. The van der Waals surface area contributed by atoms with Gasteiger partial charge in [0.15, 0.2) is 0 Å². The van der Waals surface area contributed by atoms with Gasteiger partial charge < -0.3 is 10.5 Å². The highest BCUT2D eigenvalue weighted by atomic mass is 16.5. The summed E-state index contributed by atoms with van der Waals surface area (Å²) in [6, 6.07) is 2.12. The lowest BCUT2D eigenvalue weighted by Crippen LogP contribution is -2.24. The van der Waals surface area contributed by atoms with Gasteiger partial charge in [-0.2, -0.15) is 0 Å². The predicted octanol–water partition coefficient (Wildman–Crippen LogP) is 1.18. The highest BCUT2D eigenvalue weighted by Gasteiger charge is 2.27. The smallest absolute Gasteiger partial charge is 0.0993 e. The van der Waals surface area contributed by atoms with Crippen molar-refractivity contribution in [1.29, 1.82) is 0 Å². The van der Waals surface area contributed by atoms with Gasteiger partial charge in [0, 0.05) is 30.6 Å². The van der Waals surface area contributed by atoms with Crippen LogP contribution in [0.5, 0.6) is 0 Å². The molecular formula is C10H14N2O. The first-order valence-corrected chi connectivity index (χ1v) is 4.57. The maximum Gasteiger partial charge on any atom is 0.0993 e. The predicted molar refractivity (Wildman–Crippen MR) is 50.3 cm³/mol. The Kier molecular flexibility index (Phi) is 2.29. The van der Waals surface area contributed by atoms with E-state index in [1.807, 2.05) is 12.3 Å². The maximum atomic E-state index is 5.93. The molecule has 0 radical (unpaired) electrons. The number of nitrogens with two attached hydrogens (primary N) is 1. The highest BCUT2D eigenvalue weighted by molar-refractivity contribution is 5.25. The van der Waals surface area contributed by atoms with E-state index in [1.165, 1.54) is 5.56 Å². The lowest BCUT2D eigenvalue weighted by atomic mass is 10.0. The van der Waals surface area contributed by atoms with E-state index in [-0.39, 0.29) is 12.1 Å². The van der Waals surface area contributed by atoms with Gasteiger partial charge in [-0.3, -0.25) is 4.98 Å². The summed E-state index contributed by atoms with van der Waals surface area (Å²) in [6.45, 7) is 2.82. The number of rotatable bonds is 1. The lowest BCUT2D eigenvalue weighted by molar-refractivity contribution is 0.104. The third-order valence-electron chi connectivity index (χ3n) is 2.52. The van der Waals surface area contributed by atoms with Crippen LogP contribution in [-0.4, -0.2) is 17.6 Å². The quantitative estimate of drug-likeness (QED) is 0.702. The van der Waals surface area contributed by atoms with Crippen molar-refractivity contribution in [2.45, 2.75) is 25.5 Å². The molecule has 0 saturated carbocycles. The molecule has 1 aliphatic heterocycles. The van der Waals surface area contributed by atoms with Gasteiger partial charge in [0.05, 0.1) is 6.10 Å². The summed E-state index contributed by atoms with van der Waals surface area (Å²) >= 11 is 0. The van der Waals surface area contributed by atoms with Crippen LogP contribution in [0.25, 0.3) is 0 Å². The SMILES string of the molecule is Cc1ccncc1C1OCCC1N. The van der Waals surface area contributed by atoms with E-state index >= 15 is 0 Å². The molecule has 2 unspecified atom stereocenters. The summed E-state index contributed by atoms with van der Waals surface area (Å²) in [7, 11) is 0. The Morgan fingerprint density at radius 3 is 3.08 bits per heavy atom. The van der Waals surface area contributed by atoms with Crippen molar-refractivity contribution in [2.75, 3.05) is 6.61 Å². The molecule has 3 nitrogen and oxygen atoms in total. The normalized spacial score (nSPS) is 27.8. The largest absolute Gasteiger partial charge is 0.372 e. The summed E-state index contributed by atoms with van der Waals surface area (Å²) in [5.74, 6) is 0. The van der Waals surface area contributed by atoms with Crippen molar-refractivity contribution in [3.05, 3.63) is 29.6 Å². The van der Waals surface area contributed by atoms with Crippen molar-refractivity contribution in [1.82, 2.24) is 4.98 Å². The number of nitrogens with zero attached hydrogens (tertiary/aromatic N) is 1. The molecule has 3 heteroatoms. The van der Waals surface area contributed by atoms with Crippen LogP contribution in [0.1, 0.15) is 23.7 Å². The molecule has 0 amide bonds. The van der Waals surface area contributed by atoms with Crippen LogP contribution in [0.2, 0.25) is 0 Å². The third-order valence-corrected chi connectivity index (χ3v) is 2.52. The van der Waals surface area contributed by atoms with Crippen LogP contribution in [0.15, 0.2) is 18.5 Å². The van der Waals surface area contributed by atoms with E-state index in [1.54, 1.807) is 6.20 Å². The molecular weight excluding hydrogens is 164 g/mol. The molecule has 70 valence electrons. The van der Waals surface area contributed by atoms with Crippen molar-refractivity contribution >= 4 is 0 Å². The maximum absolute atomic E-state index is 5.93. The fourth-order valence-corrected chi connectivity index (χ4v) is 1.70. The summed E-state index contributed by atoms with van der Waals surface area (Å²) in [5, 5.41) is 0. The number of ether oxygens (including phenoxy) is 1. The molecule has 1 aliphatic rings. The number of aryl methyl sites for hydroxylation is 1. The van der Waals surface area contributed by atoms with Crippen LogP contribution in [0, 0.1) is 6.92 Å². The molecule has 1 saturated heterocycles. The zero-order valence-electron chi connectivity index (χ0n) is 7.73. The minimum Gasteiger partial charge on any atom is -0.372 e. The molecule has 0 aliphatic carbocycles. The van der Waals surface area contributed by atoms with Crippen LogP contribution < -0.4 is 5.73 Å². The average Bonchev–Trinajstić information content (AvgIpc) is 2.52. The van der Waals surface area contributed by atoms with Crippen molar-refractivity contribution < 1.29 is 4.74 Å². The Morgan fingerprint density at radius 2 is 2.46 bits per heavy atom.